The van der Waals surface area contributed by atoms with Crippen LogP contribution >= 0.6 is 11.6 Å². The van der Waals surface area contributed by atoms with Crippen LogP contribution in [0.15, 0.2) is 42.5 Å². The Hall–Kier alpha value is -2.26. The number of benzene rings is 2. The maximum atomic E-state index is 12.4. The number of hydrogen-bond donors (Lipinski definition) is 0. The van der Waals surface area contributed by atoms with Crippen LogP contribution in [0.25, 0.3) is 22.2 Å². The molecule has 1 aromatic heterocycles. The monoisotopic (exact) mass is 325 g/mol. The summed E-state index contributed by atoms with van der Waals surface area (Å²) < 4.78 is 7.64. The lowest BCUT2D eigenvalue weighted by atomic mass is 10.0. The van der Waals surface area contributed by atoms with Crippen LogP contribution < -0.4 is 4.74 Å². The van der Waals surface area contributed by atoms with Crippen LogP contribution in [0.2, 0.25) is 5.02 Å². The smallest absolute Gasteiger partial charge is 0.228 e. The van der Waals surface area contributed by atoms with E-state index in [4.69, 9.17) is 16.3 Å². The lowest BCUT2D eigenvalue weighted by molar-refractivity contribution is 0.0943. The average molecular weight is 326 g/mol. The number of hydrogen-bond acceptors (Lipinski definition) is 2. The maximum Gasteiger partial charge on any atom is 0.228 e. The molecule has 116 valence electrons. The molecule has 0 saturated heterocycles. The third-order valence-corrected chi connectivity index (χ3v) is 4.51. The predicted molar refractivity (Wildman–Crippen MR) is 92.5 cm³/mol. The maximum absolute atomic E-state index is 12.4. The Morgan fingerprint density at radius 1 is 1.22 bits per heavy atom. The Labute approximate surface area is 139 Å². The van der Waals surface area contributed by atoms with Crippen molar-refractivity contribution in [1.82, 2.24) is 4.57 Å². The van der Waals surface area contributed by atoms with E-state index >= 15 is 0 Å². The normalized spacial score (nSPS) is 13.7. The molecule has 1 aliphatic heterocycles. The van der Waals surface area contributed by atoms with E-state index in [1.54, 1.807) is 11.5 Å². The van der Waals surface area contributed by atoms with Gasteiger partial charge in [0.2, 0.25) is 5.91 Å². The molecule has 0 fully saturated rings. The summed E-state index contributed by atoms with van der Waals surface area (Å²) in [7, 11) is 0. The van der Waals surface area contributed by atoms with E-state index < -0.39 is 0 Å². The van der Waals surface area contributed by atoms with Crippen LogP contribution in [0, 0.1) is 0 Å². The fraction of sp³-hybridized carbons (Fsp3) is 0.211. The van der Waals surface area contributed by atoms with Gasteiger partial charge in [-0.25, -0.2) is 0 Å². The highest BCUT2D eigenvalue weighted by molar-refractivity contribution is 6.31. The number of aryl methyl sites for hydroxylation is 1. The predicted octanol–water partition coefficient (Wildman–Crippen LogP) is 4.95. The molecule has 0 N–H and O–H groups in total. The summed E-state index contributed by atoms with van der Waals surface area (Å²) in [6.07, 6.45) is 1.80. The van der Waals surface area contributed by atoms with Crippen molar-refractivity contribution in [2.75, 3.05) is 6.61 Å². The number of carbonyl (C=O) groups is 1. The second-order valence-corrected chi connectivity index (χ2v) is 6.23. The third kappa shape index (κ3) is 2.23. The van der Waals surface area contributed by atoms with Crippen molar-refractivity contribution in [3.8, 4) is 17.0 Å². The van der Waals surface area contributed by atoms with Gasteiger partial charge in [0.1, 0.15) is 5.75 Å². The Kier molecular flexibility index (Phi) is 3.38. The zero-order valence-corrected chi connectivity index (χ0v) is 13.6. The fourth-order valence-corrected chi connectivity index (χ4v) is 3.64. The third-order valence-electron chi connectivity index (χ3n) is 4.29. The van der Waals surface area contributed by atoms with Crippen LogP contribution in [0.3, 0.4) is 0 Å². The fourth-order valence-electron chi connectivity index (χ4n) is 3.44. The number of carbonyl (C=O) groups excluding carboxylic acids is 1. The van der Waals surface area contributed by atoms with E-state index in [1.807, 2.05) is 42.5 Å². The van der Waals surface area contributed by atoms with E-state index in [2.05, 4.69) is 0 Å². The molecule has 3 nitrogen and oxygen atoms in total. The highest BCUT2D eigenvalue weighted by Gasteiger charge is 2.25. The van der Waals surface area contributed by atoms with Crippen LogP contribution in [0.1, 0.15) is 23.7 Å². The van der Waals surface area contributed by atoms with Crippen molar-refractivity contribution < 1.29 is 9.53 Å². The molecule has 0 amide bonds. The summed E-state index contributed by atoms with van der Waals surface area (Å²) >= 11 is 6.26. The molecular weight excluding hydrogens is 310 g/mol. The van der Waals surface area contributed by atoms with Crippen molar-refractivity contribution in [2.24, 2.45) is 0 Å². The minimum atomic E-state index is -0.0195. The SMILES string of the molecule is CC(=O)n1c(-c2ccccc2)c2c3c(cc(Cl)cc31)OCCC2. The topological polar surface area (TPSA) is 31.2 Å². The van der Waals surface area contributed by atoms with Crippen molar-refractivity contribution in [3.63, 3.8) is 0 Å². The molecule has 4 rings (SSSR count). The van der Waals surface area contributed by atoms with Crippen LogP contribution in [0.5, 0.6) is 5.75 Å². The quantitative estimate of drug-likeness (QED) is 0.634. The van der Waals surface area contributed by atoms with Crippen LogP contribution in [0.4, 0.5) is 0 Å². The second kappa shape index (κ2) is 5.43. The Balaban J connectivity index is 2.18. The van der Waals surface area contributed by atoms with Crippen molar-refractivity contribution >= 4 is 28.4 Å². The van der Waals surface area contributed by atoms with E-state index in [-0.39, 0.29) is 5.91 Å². The van der Waals surface area contributed by atoms with Gasteiger partial charge in [-0.3, -0.25) is 9.36 Å². The standard InChI is InChI=1S/C19H16ClNO2/c1-12(22)21-16-10-14(20)11-17-18(16)15(8-5-9-23-17)19(21)13-6-3-2-4-7-13/h2-4,6-7,10-11H,5,8-9H2,1H3. The molecule has 1 aliphatic rings. The minimum absolute atomic E-state index is 0.0195. The van der Waals surface area contributed by atoms with Gasteiger partial charge in [0.25, 0.3) is 0 Å². The summed E-state index contributed by atoms with van der Waals surface area (Å²) in [6, 6.07) is 13.7. The van der Waals surface area contributed by atoms with Crippen molar-refractivity contribution in [3.05, 3.63) is 53.1 Å². The average Bonchev–Trinajstić information content (AvgIpc) is 2.71. The highest BCUT2D eigenvalue weighted by atomic mass is 35.5. The van der Waals surface area contributed by atoms with Gasteiger partial charge in [0.05, 0.1) is 17.8 Å². The van der Waals surface area contributed by atoms with Crippen molar-refractivity contribution in [1.29, 1.82) is 0 Å². The summed E-state index contributed by atoms with van der Waals surface area (Å²) in [6.45, 7) is 2.25. The van der Waals surface area contributed by atoms with Gasteiger partial charge in [-0.1, -0.05) is 41.9 Å². The number of rotatable bonds is 1. The van der Waals surface area contributed by atoms with E-state index in [0.717, 1.165) is 40.8 Å². The minimum Gasteiger partial charge on any atom is -0.493 e. The number of ether oxygens (including phenoxy) is 1. The summed E-state index contributed by atoms with van der Waals surface area (Å²) in [4.78, 5) is 12.4. The van der Waals surface area contributed by atoms with Crippen LogP contribution in [-0.4, -0.2) is 17.1 Å². The van der Waals surface area contributed by atoms with E-state index in [0.29, 0.717) is 11.6 Å². The lowest BCUT2D eigenvalue weighted by Gasteiger charge is -2.10. The summed E-state index contributed by atoms with van der Waals surface area (Å²) in [5.74, 6) is 0.756. The number of aromatic nitrogens is 1. The molecule has 4 heteroatoms. The molecule has 0 radical (unpaired) electrons. The lowest BCUT2D eigenvalue weighted by Crippen LogP contribution is -2.08. The molecule has 0 aliphatic carbocycles. The summed E-state index contributed by atoms with van der Waals surface area (Å²) in [5, 5.41) is 1.60. The second-order valence-electron chi connectivity index (χ2n) is 5.80. The first-order valence-corrected chi connectivity index (χ1v) is 8.10. The summed E-state index contributed by atoms with van der Waals surface area (Å²) in [5.41, 5.74) is 4.00. The molecule has 2 heterocycles. The largest absolute Gasteiger partial charge is 0.493 e. The zero-order valence-electron chi connectivity index (χ0n) is 12.8. The molecule has 0 atom stereocenters. The molecule has 0 bridgehead atoms. The number of nitrogens with zero attached hydrogens (tertiary/aromatic N) is 1. The van der Waals surface area contributed by atoms with E-state index in [9.17, 15) is 4.79 Å². The molecule has 2 aromatic carbocycles. The first-order chi connectivity index (χ1) is 11.2. The Bertz CT molecular complexity index is 912. The van der Waals surface area contributed by atoms with Gasteiger partial charge < -0.3 is 4.74 Å². The molecule has 0 spiro atoms. The van der Waals surface area contributed by atoms with Gasteiger partial charge in [0, 0.05) is 17.3 Å². The Morgan fingerprint density at radius 3 is 2.74 bits per heavy atom. The van der Waals surface area contributed by atoms with Gasteiger partial charge in [-0.05, 0) is 36.1 Å². The first kappa shape index (κ1) is 14.3. The van der Waals surface area contributed by atoms with Gasteiger partial charge in [-0.15, -0.1) is 0 Å². The van der Waals surface area contributed by atoms with Gasteiger partial charge in [-0.2, -0.15) is 0 Å². The van der Waals surface area contributed by atoms with Crippen molar-refractivity contribution in [2.45, 2.75) is 19.8 Å². The van der Waals surface area contributed by atoms with Crippen LogP contribution in [-0.2, 0) is 6.42 Å². The first-order valence-electron chi connectivity index (χ1n) is 7.73. The van der Waals surface area contributed by atoms with Gasteiger partial charge in [0.15, 0.2) is 0 Å². The molecular formula is C19H16ClNO2. The molecule has 0 saturated carbocycles. The molecule has 23 heavy (non-hydrogen) atoms. The zero-order chi connectivity index (χ0) is 16.0. The molecule has 3 aromatic rings. The Morgan fingerprint density at radius 2 is 2.00 bits per heavy atom. The highest BCUT2D eigenvalue weighted by Crippen LogP contribution is 2.42. The van der Waals surface area contributed by atoms with E-state index in [1.165, 1.54) is 5.56 Å². The molecule has 0 unspecified atom stereocenters. The number of halogens is 1. The van der Waals surface area contributed by atoms with Gasteiger partial charge >= 0.3 is 0 Å².